The number of hydrogen-bond acceptors (Lipinski definition) is 6. The second kappa shape index (κ2) is 15.6. The molecule has 0 saturated heterocycles. The fraction of sp³-hybridized carbons (Fsp3) is 0.765. The monoisotopic (exact) mass is 400 g/mol. The van der Waals surface area contributed by atoms with E-state index in [0.717, 1.165) is 12.8 Å². The van der Waals surface area contributed by atoms with E-state index in [-0.39, 0.29) is 30.9 Å². The standard InChI is InChI=1S/C17H36N8O3/c1-12(26)24-14(7-3-5-9-19)16(28)25-13(6-2-4-8-18)15(27)22-10-11-23-17(20)21/h13-14H,2-11,18-19H2,1H3,(H,22,27)(H,24,26)(H,25,28)(H4,20,21,23)/t13-,14-/m0/s1. The lowest BCUT2D eigenvalue weighted by molar-refractivity contribution is -0.132. The summed E-state index contributed by atoms with van der Waals surface area (Å²) < 4.78 is 0. The van der Waals surface area contributed by atoms with E-state index in [2.05, 4.69) is 20.9 Å². The van der Waals surface area contributed by atoms with Crippen molar-refractivity contribution in [1.29, 1.82) is 0 Å². The Morgan fingerprint density at radius 2 is 1.39 bits per heavy atom. The van der Waals surface area contributed by atoms with Crippen LogP contribution in [0.2, 0.25) is 0 Å². The second-order valence-electron chi connectivity index (χ2n) is 6.48. The van der Waals surface area contributed by atoms with Crippen molar-refractivity contribution in [2.45, 2.75) is 57.5 Å². The summed E-state index contributed by atoms with van der Waals surface area (Å²) in [5.74, 6) is -1.10. The summed E-state index contributed by atoms with van der Waals surface area (Å²) in [7, 11) is 0. The molecule has 0 aromatic rings. The van der Waals surface area contributed by atoms with Crippen molar-refractivity contribution < 1.29 is 14.4 Å². The molecule has 0 rings (SSSR count). The number of aliphatic imine (C=N–C) groups is 1. The van der Waals surface area contributed by atoms with Crippen LogP contribution in [0.4, 0.5) is 0 Å². The van der Waals surface area contributed by atoms with Crippen LogP contribution in [0.5, 0.6) is 0 Å². The van der Waals surface area contributed by atoms with Crippen LogP contribution in [0.3, 0.4) is 0 Å². The molecule has 0 fully saturated rings. The van der Waals surface area contributed by atoms with Gasteiger partial charge >= 0.3 is 0 Å². The van der Waals surface area contributed by atoms with Gasteiger partial charge in [0.15, 0.2) is 5.96 Å². The van der Waals surface area contributed by atoms with Gasteiger partial charge in [0.05, 0.1) is 6.54 Å². The Labute approximate surface area is 166 Å². The van der Waals surface area contributed by atoms with Crippen molar-refractivity contribution in [3.63, 3.8) is 0 Å². The van der Waals surface area contributed by atoms with Crippen molar-refractivity contribution in [2.75, 3.05) is 26.2 Å². The van der Waals surface area contributed by atoms with E-state index in [4.69, 9.17) is 22.9 Å². The van der Waals surface area contributed by atoms with Gasteiger partial charge in [-0.25, -0.2) is 0 Å². The van der Waals surface area contributed by atoms with Crippen LogP contribution in [0, 0.1) is 0 Å². The van der Waals surface area contributed by atoms with Crippen molar-refractivity contribution in [3.05, 3.63) is 0 Å². The molecule has 3 amide bonds. The number of guanidine groups is 1. The molecule has 11 heteroatoms. The van der Waals surface area contributed by atoms with Gasteiger partial charge in [-0.15, -0.1) is 0 Å². The van der Waals surface area contributed by atoms with Crippen LogP contribution in [-0.2, 0) is 14.4 Å². The molecule has 11 N–H and O–H groups in total. The first-order valence-corrected chi connectivity index (χ1v) is 9.62. The van der Waals surface area contributed by atoms with Crippen LogP contribution in [0.25, 0.3) is 0 Å². The lowest BCUT2D eigenvalue weighted by atomic mass is 10.1. The molecule has 0 bridgehead atoms. The quantitative estimate of drug-likeness (QED) is 0.0902. The fourth-order valence-electron chi connectivity index (χ4n) is 2.53. The van der Waals surface area contributed by atoms with Gasteiger partial charge in [-0.1, -0.05) is 0 Å². The lowest BCUT2D eigenvalue weighted by Gasteiger charge is -2.23. The third-order valence-corrected chi connectivity index (χ3v) is 3.93. The minimum atomic E-state index is -0.732. The Bertz CT molecular complexity index is 509. The molecule has 162 valence electrons. The van der Waals surface area contributed by atoms with E-state index in [1.165, 1.54) is 6.92 Å². The predicted octanol–water partition coefficient (Wildman–Crippen LogP) is -2.38. The maximum Gasteiger partial charge on any atom is 0.243 e. The second-order valence-corrected chi connectivity index (χ2v) is 6.48. The molecule has 0 saturated carbocycles. The van der Waals surface area contributed by atoms with E-state index < -0.39 is 18.0 Å². The number of hydrogen-bond donors (Lipinski definition) is 7. The molecule has 28 heavy (non-hydrogen) atoms. The number of nitrogens with one attached hydrogen (secondary N) is 3. The van der Waals surface area contributed by atoms with Crippen molar-refractivity contribution >= 4 is 23.7 Å². The van der Waals surface area contributed by atoms with Gasteiger partial charge in [0, 0.05) is 13.5 Å². The summed E-state index contributed by atoms with van der Waals surface area (Å²) >= 11 is 0. The topological polar surface area (TPSA) is 204 Å². The van der Waals surface area contributed by atoms with Crippen molar-refractivity contribution in [3.8, 4) is 0 Å². The number of amides is 3. The average Bonchev–Trinajstić information content (AvgIpc) is 2.63. The van der Waals surface area contributed by atoms with Gasteiger partial charge < -0.3 is 38.9 Å². The van der Waals surface area contributed by atoms with Gasteiger partial charge in [0.25, 0.3) is 0 Å². The minimum Gasteiger partial charge on any atom is -0.370 e. The molecule has 0 aliphatic carbocycles. The zero-order valence-electron chi connectivity index (χ0n) is 16.7. The van der Waals surface area contributed by atoms with E-state index in [0.29, 0.717) is 38.8 Å². The molecule has 11 nitrogen and oxygen atoms in total. The SMILES string of the molecule is CC(=O)N[C@@H](CCCCN)C(=O)N[C@@H](CCCCN)C(=O)NCCN=C(N)N. The predicted molar refractivity (Wildman–Crippen MR) is 109 cm³/mol. The Kier molecular flexibility index (Phi) is 14.3. The van der Waals surface area contributed by atoms with Gasteiger partial charge in [-0.05, 0) is 51.6 Å². The van der Waals surface area contributed by atoms with Crippen molar-refractivity contribution in [1.82, 2.24) is 16.0 Å². The summed E-state index contributed by atoms with van der Waals surface area (Å²) in [6.45, 7) is 2.84. The summed E-state index contributed by atoms with van der Waals surface area (Å²) in [5, 5.41) is 8.06. The minimum absolute atomic E-state index is 0.0577. The van der Waals surface area contributed by atoms with Gasteiger partial charge in [-0.3, -0.25) is 19.4 Å². The smallest absolute Gasteiger partial charge is 0.243 e. The van der Waals surface area contributed by atoms with Crippen molar-refractivity contribution in [2.24, 2.45) is 27.9 Å². The summed E-state index contributed by atoms with van der Waals surface area (Å²) in [6.07, 6.45) is 3.74. The van der Waals surface area contributed by atoms with Crippen LogP contribution in [0.15, 0.2) is 4.99 Å². The third kappa shape index (κ3) is 12.9. The number of nitrogens with zero attached hydrogens (tertiary/aromatic N) is 1. The number of unbranched alkanes of at least 4 members (excludes halogenated alkanes) is 2. The third-order valence-electron chi connectivity index (χ3n) is 3.93. The highest BCUT2D eigenvalue weighted by molar-refractivity contribution is 5.91. The molecule has 0 heterocycles. The van der Waals surface area contributed by atoms with Crippen LogP contribution in [0.1, 0.15) is 45.4 Å². The molecule has 0 unspecified atom stereocenters. The number of carbonyl (C=O) groups is 3. The first-order valence-electron chi connectivity index (χ1n) is 9.62. The molecular weight excluding hydrogens is 364 g/mol. The summed E-state index contributed by atoms with van der Waals surface area (Å²) in [6, 6.07) is -1.44. The van der Waals surface area contributed by atoms with E-state index in [1.807, 2.05) is 0 Å². The van der Waals surface area contributed by atoms with Crippen LogP contribution in [-0.4, -0.2) is 61.9 Å². The molecule has 0 aliphatic rings. The first-order chi connectivity index (χ1) is 13.3. The Hall–Kier alpha value is -2.40. The highest BCUT2D eigenvalue weighted by Crippen LogP contribution is 2.05. The summed E-state index contributed by atoms with van der Waals surface area (Å²) in [4.78, 5) is 40.3. The first kappa shape index (κ1) is 25.6. The average molecular weight is 401 g/mol. The Morgan fingerprint density at radius 1 is 0.857 bits per heavy atom. The molecule has 0 spiro atoms. The maximum absolute atomic E-state index is 12.6. The number of carbonyl (C=O) groups excluding carboxylic acids is 3. The lowest BCUT2D eigenvalue weighted by Crippen LogP contribution is -2.53. The molecule has 0 aromatic carbocycles. The fourth-order valence-corrected chi connectivity index (χ4v) is 2.53. The highest BCUT2D eigenvalue weighted by atomic mass is 16.2. The number of rotatable bonds is 15. The van der Waals surface area contributed by atoms with Crippen LogP contribution >= 0.6 is 0 Å². The largest absolute Gasteiger partial charge is 0.370 e. The molecule has 0 aliphatic heterocycles. The van der Waals surface area contributed by atoms with E-state index in [9.17, 15) is 14.4 Å². The van der Waals surface area contributed by atoms with E-state index in [1.54, 1.807) is 0 Å². The van der Waals surface area contributed by atoms with Gasteiger partial charge in [0.2, 0.25) is 17.7 Å². The van der Waals surface area contributed by atoms with E-state index >= 15 is 0 Å². The van der Waals surface area contributed by atoms with Gasteiger partial charge in [-0.2, -0.15) is 0 Å². The number of nitrogens with two attached hydrogens (primary N) is 4. The zero-order valence-corrected chi connectivity index (χ0v) is 16.7. The Morgan fingerprint density at radius 3 is 1.86 bits per heavy atom. The zero-order chi connectivity index (χ0) is 21.4. The van der Waals surface area contributed by atoms with Crippen LogP contribution < -0.4 is 38.9 Å². The maximum atomic E-state index is 12.6. The molecular formula is C17H36N8O3. The Balaban J connectivity index is 4.89. The normalized spacial score (nSPS) is 12.5. The summed E-state index contributed by atoms with van der Waals surface area (Å²) in [5.41, 5.74) is 21.5. The highest BCUT2D eigenvalue weighted by Gasteiger charge is 2.25. The molecule has 0 aromatic heterocycles. The molecule has 2 atom stereocenters. The molecule has 0 radical (unpaired) electrons. The van der Waals surface area contributed by atoms with Gasteiger partial charge in [0.1, 0.15) is 12.1 Å².